The summed E-state index contributed by atoms with van der Waals surface area (Å²) >= 11 is 0. The average molecular weight is 459 g/mol. The molecule has 11 heteroatoms. The van der Waals surface area contributed by atoms with Crippen molar-refractivity contribution in [3.05, 3.63) is 59.7 Å². The van der Waals surface area contributed by atoms with Gasteiger partial charge in [-0.15, -0.1) is 0 Å². The molecule has 3 heterocycles. The van der Waals surface area contributed by atoms with Crippen LogP contribution in [0.15, 0.2) is 42.9 Å². The number of likely N-dealkylation sites (tertiary alicyclic amines) is 1. The minimum absolute atomic E-state index is 0.119. The highest BCUT2D eigenvalue weighted by Gasteiger charge is 2.35. The summed E-state index contributed by atoms with van der Waals surface area (Å²) < 4.78 is 39.0. The highest BCUT2D eigenvalue weighted by atomic mass is 19.4. The van der Waals surface area contributed by atoms with Crippen molar-refractivity contribution >= 4 is 11.9 Å². The first-order chi connectivity index (χ1) is 15.7. The standard InChI is InChI=1S/C22H24F3N7O/c1-14-5-6-17(32-28-9-10-29-32)16(12-14)20(33)31-11-3-4-15(2)18(31)13-27-21-26-8-7-19(30-21)22(23,24)25/h5-10,12,15,18H,3-4,11,13H2,1-2H3,(H,26,27,30). The molecule has 33 heavy (non-hydrogen) atoms. The van der Waals surface area contributed by atoms with Crippen LogP contribution in [0.25, 0.3) is 5.69 Å². The van der Waals surface area contributed by atoms with Crippen LogP contribution in [0.2, 0.25) is 0 Å². The number of hydrogen-bond acceptors (Lipinski definition) is 6. The zero-order valence-corrected chi connectivity index (χ0v) is 18.3. The van der Waals surface area contributed by atoms with Gasteiger partial charge in [-0.2, -0.15) is 28.2 Å². The topological polar surface area (TPSA) is 88.8 Å². The van der Waals surface area contributed by atoms with E-state index in [1.54, 1.807) is 29.4 Å². The van der Waals surface area contributed by atoms with Crippen LogP contribution < -0.4 is 5.32 Å². The van der Waals surface area contributed by atoms with Crippen molar-refractivity contribution in [1.82, 2.24) is 29.9 Å². The van der Waals surface area contributed by atoms with Gasteiger partial charge in [0.15, 0.2) is 0 Å². The highest BCUT2D eigenvalue weighted by Crippen LogP contribution is 2.29. The van der Waals surface area contributed by atoms with Crippen molar-refractivity contribution in [2.75, 3.05) is 18.4 Å². The fraction of sp³-hybridized carbons (Fsp3) is 0.409. The van der Waals surface area contributed by atoms with Gasteiger partial charge in [0.25, 0.3) is 5.91 Å². The van der Waals surface area contributed by atoms with Crippen LogP contribution in [0.3, 0.4) is 0 Å². The smallest absolute Gasteiger partial charge is 0.352 e. The lowest BCUT2D eigenvalue weighted by Crippen LogP contribution is -2.51. The molecule has 0 bridgehead atoms. The van der Waals surface area contributed by atoms with Crippen molar-refractivity contribution in [3.8, 4) is 5.69 Å². The second-order valence-corrected chi connectivity index (χ2v) is 8.17. The molecule has 4 rings (SSSR count). The second-order valence-electron chi connectivity index (χ2n) is 8.17. The van der Waals surface area contributed by atoms with Crippen molar-refractivity contribution in [1.29, 1.82) is 0 Å². The van der Waals surface area contributed by atoms with Crippen molar-refractivity contribution in [3.63, 3.8) is 0 Å². The lowest BCUT2D eigenvalue weighted by molar-refractivity contribution is -0.141. The zero-order chi connectivity index (χ0) is 23.6. The third-order valence-corrected chi connectivity index (χ3v) is 5.81. The monoisotopic (exact) mass is 459 g/mol. The number of aromatic nitrogens is 5. The fourth-order valence-electron chi connectivity index (χ4n) is 4.10. The van der Waals surface area contributed by atoms with Crippen LogP contribution in [0.4, 0.5) is 19.1 Å². The van der Waals surface area contributed by atoms with Crippen molar-refractivity contribution in [2.24, 2.45) is 5.92 Å². The number of hydrogen-bond donors (Lipinski definition) is 1. The highest BCUT2D eigenvalue weighted by molar-refractivity contribution is 5.98. The summed E-state index contributed by atoms with van der Waals surface area (Å²) in [7, 11) is 0. The summed E-state index contributed by atoms with van der Waals surface area (Å²) in [6.45, 7) is 4.71. The molecule has 174 valence electrons. The van der Waals surface area contributed by atoms with Crippen molar-refractivity contribution < 1.29 is 18.0 Å². The average Bonchev–Trinajstić information content (AvgIpc) is 3.32. The van der Waals surface area contributed by atoms with Gasteiger partial charge in [0.1, 0.15) is 5.69 Å². The van der Waals surface area contributed by atoms with Crippen LogP contribution in [-0.4, -0.2) is 54.9 Å². The molecule has 0 saturated carbocycles. The Labute approximate surface area is 188 Å². The predicted molar refractivity (Wildman–Crippen MR) is 115 cm³/mol. The molecule has 0 aliphatic carbocycles. The SMILES string of the molecule is Cc1ccc(-n2nccn2)c(C(=O)N2CCCC(C)C2CNc2nccc(C(F)(F)F)n2)c1. The van der Waals surface area contributed by atoms with E-state index >= 15 is 0 Å². The Bertz CT molecular complexity index is 1120. The van der Waals surface area contributed by atoms with E-state index in [2.05, 4.69) is 25.5 Å². The quantitative estimate of drug-likeness (QED) is 0.625. The number of benzene rings is 1. The third-order valence-electron chi connectivity index (χ3n) is 5.81. The number of carbonyl (C=O) groups is 1. The number of nitrogens with zero attached hydrogens (tertiary/aromatic N) is 6. The van der Waals surface area contributed by atoms with Crippen LogP contribution in [0.5, 0.6) is 0 Å². The van der Waals surface area contributed by atoms with E-state index in [0.29, 0.717) is 17.8 Å². The van der Waals surface area contributed by atoms with Gasteiger partial charge in [0, 0.05) is 19.3 Å². The van der Waals surface area contributed by atoms with Gasteiger partial charge in [-0.3, -0.25) is 4.79 Å². The normalized spacial score (nSPS) is 18.9. The molecule has 2 atom stereocenters. The van der Waals surface area contributed by atoms with E-state index in [1.165, 1.54) is 4.80 Å². The van der Waals surface area contributed by atoms with Gasteiger partial charge in [0.05, 0.1) is 29.7 Å². The van der Waals surface area contributed by atoms with Gasteiger partial charge in [0.2, 0.25) is 5.95 Å². The van der Waals surface area contributed by atoms with E-state index in [-0.39, 0.29) is 30.4 Å². The molecule has 0 spiro atoms. The Balaban J connectivity index is 1.59. The Hall–Kier alpha value is -3.50. The number of anilines is 1. The van der Waals surface area contributed by atoms with E-state index in [1.807, 2.05) is 19.9 Å². The van der Waals surface area contributed by atoms with Crippen LogP contribution >= 0.6 is 0 Å². The summed E-state index contributed by atoms with van der Waals surface area (Å²) in [6, 6.07) is 6.08. The third kappa shape index (κ3) is 4.96. The molecule has 1 N–H and O–H groups in total. The second kappa shape index (κ2) is 9.16. The minimum atomic E-state index is -4.55. The first kappa shape index (κ1) is 22.7. The molecule has 1 aliphatic rings. The lowest BCUT2D eigenvalue weighted by atomic mass is 9.90. The van der Waals surface area contributed by atoms with Crippen LogP contribution in [0.1, 0.15) is 41.4 Å². The maximum atomic E-state index is 13.7. The first-order valence-corrected chi connectivity index (χ1v) is 10.7. The van der Waals surface area contributed by atoms with E-state index < -0.39 is 11.9 Å². The number of alkyl halides is 3. The maximum absolute atomic E-state index is 13.7. The molecule has 1 aliphatic heterocycles. The van der Waals surface area contributed by atoms with Crippen LogP contribution in [0, 0.1) is 12.8 Å². The molecule has 2 aromatic heterocycles. The van der Waals surface area contributed by atoms with Gasteiger partial charge in [-0.25, -0.2) is 9.97 Å². The Kier molecular flexibility index (Phi) is 6.30. The van der Waals surface area contributed by atoms with Crippen molar-refractivity contribution in [2.45, 2.75) is 38.9 Å². The zero-order valence-electron chi connectivity index (χ0n) is 18.3. The number of piperidine rings is 1. The van der Waals surface area contributed by atoms with E-state index in [4.69, 9.17) is 0 Å². The van der Waals surface area contributed by atoms with Gasteiger partial charge in [-0.1, -0.05) is 18.6 Å². The summed E-state index contributed by atoms with van der Waals surface area (Å²) in [5.41, 5.74) is 0.953. The fourth-order valence-corrected chi connectivity index (χ4v) is 4.10. The summed E-state index contributed by atoms with van der Waals surface area (Å²) in [4.78, 5) is 24.3. The molecule has 1 fully saturated rings. The minimum Gasteiger partial charge on any atom is -0.352 e. The predicted octanol–water partition coefficient (Wildman–Crippen LogP) is 3.74. The largest absolute Gasteiger partial charge is 0.433 e. The Morgan fingerprint density at radius 1 is 1.18 bits per heavy atom. The number of rotatable bonds is 5. The van der Waals surface area contributed by atoms with Gasteiger partial charge < -0.3 is 10.2 Å². The number of nitrogens with one attached hydrogen (secondary N) is 1. The first-order valence-electron chi connectivity index (χ1n) is 10.7. The van der Waals surface area contributed by atoms with Gasteiger partial charge in [-0.05, 0) is 43.9 Å². The molecule has 8 nitrogen and oxygen atoms in total. The van der Waals surface area contributed by atoms with E-state index in [9.17, 15) is 18.0 Å². The molecule has 2 unspecified atom stereocenters. The lowest BCUT2D eigenvalue weighted by Gasteiger charge is -2.40. The number of halogens is 3. The molecule has 1 amide bonds. The molecule has 1 saturated heterocycles. The molecule has 3 aromatic rings. The van der Waals surface area contributed by atoms with Crippen LogP contribution in [-0.2, 0) is 6.18 Å². The molecular formula is C22H24F3N7O. The summed E-state index contributed by atoms with van der Waals surface area (Å²) in [6.07, 6.45) is 1.34. The summed E-state index contributed by atoms with van der Waals surface area (Å²) in [5.74, 6) is -0.154. The maximum Gasteiger partial charge on any atom is 0.433 e. The number of aryl methyl sites for hydroxylation is 1. The molecule has 1 aromatic carbocycles. The molecular weight excluding hydrogens is 435 g/mol. The Morgan fingerprint density at radius 2 is 1.94 bits per heavy atom. The number of carbonyl (C=O) groups excluding carboxylic acids is 1. The Morgan fingerprint density at radius 3 is 2.67 bits per heavy atom. The van der Waals surface area contributed by atoms with E-state index in [0.717, 1.165) is 30.7 Å². The van der Waals surface area contributed by atoms with Gasteiger partial charge >= 0.3 is 6.18 Å². The molecule has 0 radical (unpaired) electrons. The number of amides is 1. The summed E-state index contributed by atoms with van der Waals surface area (Å²) in [5, 5.41) is 11.2.